The summed E-state index contributed by atoms with van der Waals surface area (Å²) in [6.45, 7) is 2.56. The van der Waals surface area contributed by atoms with Crippen LogP contribution in [0.15, 0.2) is 24.3 Å². The lowest BCUT2D eigenvalue weighted by Gasteiger charge is -2.26. The van der Waals surface area contributed by atoms with Crippen molar-refractivity contribution in [3.63, 3.8) is 0 Å². The summed E-state index contributed by atoms with van der Waals surface area (Å²) in [7, 11) is 4.16. The van der Waals surface area contributed by atoms with Crippen LogP contribution in [0.4, 0.5) is 0 Å². The molecular weight excluding hydrogens is 260 g/mol. The van der Waals surface area contributed by atoms with Crippen molar-refractivity contribution in [3.05, 3.63) is 34.9 Å². The smallest absolute Gasteiger partial charge is 0.176 e. The van der Waals surface area contributed by atoms with Gasteiger partial charge in [-0.15, -0.1) is 0 Å². The lowest BCUT2D eigenvalue weighted by Crippen LogP contribution is -2.40. The number of rotatable bonds is 5. The van der Waals surface area contributed by atoms with Gasteiger partial charge in [-0.1, -0.05) is 11.6 Å². The number of halogens is 1. The van der Waals surface area contributed by atoms with Gasteiger partial charge in [0.2, 0.25) is 0 Å². The summed E-state index contributed by atoms with van der Waals surface area (Å²) in [5.74, 6) is 0.183. The number of hydrogen-bond acceptors (Lipinski definition) is 3. The predicted octanol–water partition coefficient (Wildman–Crippen LogP) is 2.55. The van der Waals surface area contributed by atoms with E-state index in [0.29, 0.717) is 17.6 Å². The maximum atomic E-state index is 12.2. The Labute approximate surface area is 120 Å². The zero-order valence-corrected chi connectivity index (χ0v) is 12.4. The van der Waals surface area contributed by atoms with Crippen molar-refractivity contribution >= 4 is 17.4 Å². The van der Waals surface area contributed by atoms with Crippen molar-refractivity contribution in [2.45, 2.75) is 18.9 Å². The number of carbonyl (C=O) groups excluding carboxylic acids is 1. The highest BCUT2D eigenvalue weighted by Gasteiger charge is 2.26. The number of carbonyl (C=O) groups is 1. The largest absolute Gasteiger partial charge is 0.308 e. The Morgan fingerprint density at radius 2 is 2.05 bits per heavy atom. The van der Waals surface area contributed by atoms with E-state index in [1.54, 1.807) is 12.1 Å². The minimum absolute atomic E-state index is 0.183. The Bertz CT molecular complexity index is 430. The molecule has 1 aromatic rings. The van der Waals surface area contributed by atoms with E-state index in [4.69, 9.17) is 11.6 Å². The third-order valence-electron chi connectivity index (χ3n) is 3.59. The van der Waals surface area contributed by atoms with Crippen molar-refractivity contribution in [1.82, 2.24) is 9.80 Å². The van der Waals surface area contributed by atoms with Crippen LogP contribution < -0.4 is 0 Å². The van der Waals surface area contributed by atoms with Gasteiger partial charge >= 0.3 is 0 Å². The molecule has 0 bridgehead atoms. The molecule has 0 radical (unpaired) electrons. The molecule has 1 aliphatic heterocycles. The summed E-state index contributed by atoms with van der Waals surface area (Å²) in [5, 5.41) is 0.670. The number of nitrogens with zero attached hydrogens (tertiary/aromatic N) is 2. The fourth-order valence-electron chi connectivity index (χ4n) is 2.64. The van der Waals surface area contributed by atoms with Gasteiger partial charge in [-0.2, -0.15) is 0 Å². The van der Waals surface area contributed by atoms with Crippen molar-refractivity contribution in [2.24, 2.45) is 0 Å². The van der Waals surface area contributed by atoms with Crippen molar-refractivity contribution < 1.29 is 4.79 Å². The van der Waals surface area contributed by atoms with E-state index in [1.807, 2.05) is 12.1 Å². The molecule has 0 amide bonds. The van der Waals surface area contributed by atoms with Gasteiger partial charge in [-0.05, 0) is 57.7 Å². The molecule has 4 heteroatoms. The maximum Gasteiger partial charge on any atom is 0.176 e. The minimum Gasteiger partial charge on any atom is -0.308 e. The molecule has 3 nitrogen and oxygen atoms in total. The summed E-state index contributed by atoms with van der Waals surface area (Å²) in [6, 6.07) is 7.67. The summed E-state index contributed by atoms with van der Waals surface area (Å²) >= 11 is 5.84. The maximum absolute atomic E-state index is 12.2. The van der Waals surface area contributed by atoms with E-state index in [2.05, 4.69) is 23.9 Å². The highest BCUT2D eigenvalue weighted by molar-refractivity contribution is 6.30. The number of benzene rings is 1. The Morgan fingerprint density at radius 1 is 1.37 bits per heavy atom. The molecule has 0 aromatic heterocycles. The highest BCUT2D eigenvalue weighted by Crippen LogP contribution is 2.18. The van der Waals surface area contributed by atoms with Crippen LogP contribution in [0, 0.1) is 0 Å². The first-order valence-corrected chi connectivity index (χ1v) is 7.11. The molecule has 0 spiro atoms. The molecule has 1 aromatic carbocycles. The third kappa shape index (κ3) is 4.03. The topological polar surface area (TPSA) is 23.6 Å². The van der Waals surface area contributed by atoms with E-state index in [1.165, 1.54) is 12.8 Å². The van der Waals surface area contributed by atoms with Crippen LogP contribution in [0.25, 0.3) is 0 Å². The van der Waals surface area contributed by atoms with Crippen LogP contribution in [-0.2, 0) is 0 Å². The van der Waals surface area contributed by atoms with E-state index >= 15 is 0 Å². The number of Topliss-reactive ketones (excluding diaryl/α,β-unsaturated/α-hetero) is 1. The average molecular weight is 281 g/mol. The summed E-state index contributed by atoms with van der Waals surface area (Å²) in [5.41, 5.74) is 0.750. The van der Waals surface area contributed by atoms with Crippen LogP contribution in [0.1, 0.15) is 23.2 Å². The molecule has 0 saturated carbocycles. The molecule has 19 heavy (non-hydrogen) atoms. The van der Waals surface area contributed by atoms with Crippen LogP contribution in [-0.4, -0.2) is 55.4 Å². The summed E-state index contributed by atoms with van der Waals surface area (Å²) in [4.78, 5) is 16.7. The zero-order valence-electron chi connectivity index (χ0n) is 11.6. The van der Waals surface area contributed by atoms with Gasteiger partial charge in [-0.25, -0.2) is 0 Å². The number of likely N-dealkylation sites (tertiary alicyclic amines) is 1. The molecule has 0 N–H and O–H groups in total. The highest BCUT2D eigenvalue weighted by atomic mass is 35.5. The predicted molar refractivity (Wildman–Crippen MR) is 78.9 cm³/mol. The first kappa shape index (κ1) is 14.5. The second kappa shape index (κ2) is 6.51. The van der Waals surface area contributed by atoms with Crippen LogP contribution in [0.5, 0.6) is 0 Å². The van der Waals surface area contributed by atoms with Gasteiger partial charge < -0.3 is 4.90 Å². The van der Waals surface area contributed by atoms with Gasteiger partial charge in [0.05, 0.1) is 6.54 Å². The molecule has 1 saturated heterocycles. The molecule has 0 aliphatic carbocycles. The number of hydrogen-bond donors (Lipinski definition) is 0. The lowest BCUT2D eigenvalue weighted by molar-refractivity contribution is 0.0910. The van der Waals surface area contributed by atoms with E-state index < -0.39 is 0 Å². The second-order valence-corrected chi connectivity index (χ2v) is 5.90. The fraction of sp³-hybridized carbons (Fsp3) is 0.533. The molecule has 2 rings (SSSR count). The van der Waals surface area contributed by atoms with Gasteiger partial charge in [0.15, 0.2) is 5.78 Å². The normalized spacial score (nSPS) is 20.1. The van der Waals surface area contributed by atoms with Gasteiger partial charge in [0.1, 0.15) is 0 Å². The Balaban J connectivity index is 1.96. The molecule has 1 atom stereocenters. The van der Waals surface area contributed by atoms with Crippen molar-refractivity contribution in [2.75, 3.05) is 33.7 Å². The van der Waals surface area contributed by atoms with E-state index in [9.17, 15) is 4.79 Å². The summed E-state index contributed by atoms with van der Waals surface area (Å²) in [6.07, 6.45) is 2.37. The average Bonchev–Trinajstić information content (AvgIpc) is 2.76. The van der Waals surface area contributed by atoms with Crippen LogP contribution >= 0.6 is 11.6 Å². The van der Waals surface area contributed by atoms with Gasteiger partial charge in [-0.3, -0.25) is 9.69 Å². The molecule has 1 heterocycles. The Morgan fingerprint density at radius 3 is 2.68 bits per heavy atom. The van der Waals surface area contributed by atoms with E-state index in [0.717, 1.165) is 18.7 Å². The standard InChI is InChI=1S/C15H21ClN2O/c1-17(2)10-14-4-3-9-18(14)11-15(19)12-5-7-13(16)8-6-12/h5-8,14H,3-4,9-11H2,1-2H3. The quantitative estimate of drug-likeness (QED) is 0.775. The molecular formula is C15H21ClN2O. The van der Waals surface area contributed by atoms with Crippen molar-refractivity contribution in [1.29, 1.82) is 0 Å². The van der Waals surface area contributed by atoms with E-state index in [-0.39, 0.29) is 5.78 Å². The van der Waals surface area contributed by atoms with Gasteiger partial charge in [0.25, 0.3) is 0 Å². The molecule has 1 unspecified atom stereocenters. The lowest BCUT2D eigenvalue weighted by atomic mass is 10.1. The van der Waals surface area contributed by atoms with Crippen LogP contribution in [0.3, 0.4) is 0 Å². The molecule has 1 aliphatic rings. The second-order valence-electron chi connectivity index (χ2n) is 5.46. The monoisotopic (exact) mass is 280 g/mol. The molecule has 104 valence electrons. The van der Waals surface area contributed by atoms with Crippen LogP contribution in [0.2, 0.25) is 5.02 Å². The zero-order chi connectivity index (χ0) is 13.8. The van der Waals surface area contributed by atoms with Gasteiger partial charge in [0, 0.05) is 23.2 Å². The number of ketones is 1. The number of likely N-dealkylation sites (N-methyl/N-ethyl adjacent to an activating group) is 1. The van der Waals surface area contributed by atoms with Crippen molar-refractivity contribution in [3.8, 4) is 0 Å². The SMILES string of the molecule is CN(C)CC1CCCN1CC(=O)c1ccc(Cl)cc1. The minimum atomic E-state index is 0.183. The first-order valence-electron chi connectivity index (χ1n) is 6.74. The molecule has 1 fully saturated rings. The summed E-state index contributed by atoms with van der Waals surface area (Å²) < 4.78 is 0. The third-order valence-corrected chi connectivity index (χ3v) is 3.84. The Kier molecular flexibility index (Phi) is 4.97. The fourth-order valence-corrected chi connectivity index (χ4v) is 2.77. The Hall–Kier alpha value is -0.900. The first-order chi connectivity index (χ1) is 9.06.